The summed E-state index contributed by atoms with van der Waals surface area (Å²) in [5.74, 6) is 0.601. The number of nitrogens with zero attached hydrogens (tertiary/aromatic N) is 2. The quantitative estimate of drug-likeness (QED) is 0.645. The molecule has 0 atom stereocenters. The van der Waals surface area contributed by atoms with Crippen LogP contribution in [0, 0.1) is 0 Å². The maximum atomic E-state index is 5.30. The van der Waals surface area contributed by atoms with Crippen molar-refractivity contribution in [1.29, 1.82) is 0 Å². The van der Waals surface area contributed by atoms with Crippen molar-refractivity contribution in [3.05, 3.63) is 12.3 Å². The molecular weight excluding hydrogens is 168 g/mol. The predicted octanol–water partition coefficient (Wildman–Crippen LogP) is 0.704. The molecule has 0 aliphatic carbocycles. The van der Waals surface area contributed by atoms with Crippen molar-refractivity contribution in [2.75, 3.05) is 13.2 Å². The summed E-state index contributed by atoms with van der Waals surface area (Å²) in [6.45, 7) is 5.08. The topological polar surface area (TPSA) is 35.2 Å². The highest BCUT2D eigenvalue weighted by Gasteiger charge is 2.13. The molecule has 1 aromatic rings. The number of aromatic nitrogens is 2. The monoisotopic (exact) mass is 183 g/mol. The molecule has 0 aliphatic heterocycles. The first kappa shape index (κ1) is 9.77. The fourth-order valence-corrected chi connectivity index (χ4v) is 0.941. The van der Waals surface area contributed by atoms with Gasteiger partial charge in [0.15, 0.2) is 0 Å². The SMILES string of the molecule is CCOc1cc[n+](C)c(OCC)n1. The van der Waals surface area contributed by atoms with Gasteiger partial charge in [-0.15, -0.1) is 0 Å². The second-order valence-electron chi connectivity index (χ2n) is 2.53. The van der Waals surface area contributed by atoms with Gasteiger partial charge in [0.05, 0.1) is 26.3 Å². The molecule has 0 amide bonds. The Kier molecular flexibility index (Phi) is 3.49. The van der Waals surface area contributed by atoms with Gasteiger partial charge >= 0.3 is 11.9 Å². The first-order valence-electron chi connectivity index (χ1n) is 4.40. The molecule has 0 aromatic carbocycles. The van der Waals surface area contributed by atoms with Crippen LogP contribution in [-0.4, -0.2) is 18.2 Å². The van der Waals surface area contributed by atoms with Crippen molar-refractivity contribution in [3.8, 4) is 11.9 Å². The molecule has 4 nitrogen and oxygen atoms in total. The van der Waals surface area contributed by atoms with Crippen LogP contribution in [-0.2, 0) is 7.05 Å². The summed E-state index contributed by atoms with van der Waals surface area (Å²) in [7, 11) is 1.88. The number of hydrogen-bond donors (Lipinski definition) is 0. The number of ether oxygens (including phenoxy) is 2. The largest absolute Gasteiger partial charge is 0.501 e. The summed E-state index contributed by atoms with van der Waals surface area (Å²) >= 11 is 0. The van der Waals surface area contributed by atoms with Gasteiger partial charge in [-0.1, -0.05) is 0 Å². The Bertz CT molecular complexity index is 276. The van der Waals surface area contributed by atoms with E-state index in [1.165, 1.54) is 0 Å². The normalized spacial score (nSPS) is 9.77. The first-order valence-corrected chi connectivity index (χ1v) is 4.40. The lowest BCUT2D eigenvalue weighted by Crippen LogP contribution is -2.31. The van der Waals surface area contributed by atoms with E-state index >= 15 is 0 Å². The minimum atomic E-state index is 0.577. The molecule has 0 fully saturated rings. The molecule has 0 spiro atoms. The van der Waals surface area contributed by atoms with Gasteiger partial charge in [0.25, 0.3) is 0 Å². The predicted molar refractivity (Wildman–Crippen MR) is 47.8 cm³/mol. The van der Waals surface area contributed by atoms with Gasteiger partial charge in [0.2, 0.25) is 0 Å². The van der Waals surface area contributed by atoms with Gasteiger partial charge in [-0.05, 0) is 13.8 Å². The average molecular weight is 183 g/mol. The first-order chi connectivity index (χ1) is 6.27. The molecule has 0 unspecified atom stereocenters. The van der Waals surface area contributed by atoms with E-state index in [1.54, 1.807) is 0 Å². The lowest BCUT2D eigenvalue weighted by Gasteiger charge is -2.00. The molecule has 0 saturated carbocycles. The molecule has 4 heteroatoms. The molecule has 0 aliphatic rings. The zero-order valence-electron chi connectivity index (χ0n) is 8.28. The van der Waals surface area contributed by atoms with Crippen LogP contribution < -0.4 is 14.0 Å². The Labute approximate surface area is 78.1 Å². The minimum absolute atomic E-state index is 0.577. The lowest BCUT2D eigenvalue weighted by atomic mass is 10.6. The summed E-state index contributed by atoms with van der Waals surface area (Å²) in [6, 6.07) is 2.39. The molecule has 1 heterocycles. The van der Waals surface area contributed by atoms with Crippen LogP contribution in [0.15, 0.2) is 12.3 Å². The minimum Gasteiger partial charge on any atom is -0.460 e. The zero-order valence-corrected chi connectivity index (χ0v) is 8.28. The molecule has 13 heavy (non-hydrogen) atoms. The fourth-order valence-electron chi connectivity index (χ4n) is 0.941. The fraction of sp³-hybridized carbons (Fsp3) is 0.556. The summed E-state index contributed by atoms with van der Waals surface area (Å²) in [4.78, 5) is 4.17. The van der Waals surface area contributed by atoms with E-state index in [0.29, 0.717) is 25.1 Å². The van der Waals surface area contributed by atoms with Crippen molar-refractivity contribution in [3.63, 3.8) is 0 Å². The summed E-state index contributed by atoms with van der Waals surface area (Å²) in [5, 5.41) is 0. The van der Waals surface area contributed by atoms with Crippen molar-refractivity contribution >= 4 is 0 Å². The standard InChI is InChI=1S/C9H15N2O2/c1-4-12-8-6-7-11(3)9(10-8)13-5-2/h6-7H,4-5H2,1-3H3/q+1. The van der Waals surface area contributed by atoms with Crippen LogP contribution in [0.1, 0.15) is 13.8 Å². The van der Waals surface area contributed by atoms with Crippen LogP contribution in [0.3, 0.4) is 0 Å². The molecule has 0 radical (unpaired) electrons. The molecular formula is C9H15N2O2+. The third-order valence-corrected chi connectivity index (χ3v) is 1.51. The van der Waals surface area contributed by atoms with Crippen molar-refractivity contribution in [1.82, 2.24) is 4.98 Å². The van der Waals surface area contributed by atoms with E-state index in [9.17, 15) is 0 Å². The van der Waals surface area contributed by atoms with E-state index in [0.717, 1.165) is 0 Å². The highest BCUT2D eigenvalue weighted by Crippen LogP contribution is 2.07. The Morgan fingerprint density at radius 1 is 1.31 bits per heavy atom. The van der Waals surface area contributed by atoms with Crippen molar-refractivity contribution < 1.29 is 14.0 Å². The van der Waals surface area contributed by atoms with Crippen molar-refractivity contribution in [2.45, 2.75) is 13.8 Å². The van der Waals surface area contributed by atoms with E-state index < -0.39 is 0 Å². The maximum absolute atomic E-state index is 5.30. The summed E-state index contributed by atoms with van der Waals surface area (Å²) in [6.07, 6.45) is 1.86. The Morgan fingerprint density at radius 3 is 2.62 bits per heavy atom. The van der Waals surface area contributed by atoms with Crippen LogP contribution in [0.5, 0.6) is 11.9 Å². The molecule has 0 N–H and O–H groups in total. The van der Waals surface area contributed by atoms with Gasteiger partial charge in [-0.3, -0.25) is 0 Å². The van der Waals surface area contributed by atoms with Crippen LogP contribution in [0.25, 0.3) is 0 Å². The highest BCUT2D eigenvalue weighted by molar-refractivity contribution is 5.06. The van der Waals surface area contributed by atoms with E-state index in [-0.39, 0.29) is 0 Å². The van der Waals surface area contributed by atoms with E-state index in [1.807, 2.05) is 37.7 Å². The van der Waals surface area contributed by atoms with Gasteiger partial charge in [-0.2, -0.15) is 4.57 Å². The Hall–Kier alpha value is -1.32. The average Bonchev–Trinajstić information content (AvgIpc) is 2.12. The van der Waals surface area contributed by atoms with E-state index in [4.69, 9.17) is 9.47 Å². The second kappa shape index (κ2) is 4.64. The van der Waals surface area contributed by atoms with Crippen LogP contribution >= 0.6 is 0 Å². The molecule has 1 aromatic heterocycles. The number of rotatable bonds is 4. The third kappa shape index (κ3) is 2.57. The number of hydrogen-bond acceptors (Lipinski definition) is 3. The Morgan fingerprint density at radius 2 is 2.00 bits per heavy atom. The second-order valence-corrected chi connectivity index (χ2v) is 2.53. The third-order valence-electron chi connectivity index (χ3n) is 1.51. The van der Waals surface area contributed by atoms with Gasteiger partial charge in [-0.25, -0.2) is 0 Å². The van der Waals surface area contributed by atoms with Gasteiger partial charge in [0.1, 0.15) is 6.20 Å². The Balaban J connectivity index is 2.83. The van der Waals surface area contributed by atoms with Crippen molar-refractivity contribution in [2.24, 2.45) is 7.05 Å². The molecule has 1 rings (SSSR count). The summed E-state index contributed by atoms with van der Waals surface area (Å²) < 4.78 is 12.4. The summed E-state index contributed by atoms with van der Waals surface area (Å²) in [5.41, 5.74) is 0. The molecule has 72 valence electrons. The van der Waals surface area contributed by atoms with Crippen LogP contribution in [0.2, 0.25) is 0 Å². The highest BCUT2D eigenvalue weighted by atomic mass is 16.5. The van der Waals surface area contributed by atoms with Gasteiger partial charge < -0.3 is 9.47 Å². The van der Waals surface area contributed by atoms with E-state index in [2.05, 4.69) is 4.98 Å². The lowest BCUT2D eigenvalue weighted by molar-refractivity contribution is -0.680. The number of aryl methyl sites for hydroxylation is 1. The molecule has 0 saturated heterocycles. The maximum Gasteiger partial charge on any atom is 0.501 e. The smallest absolute Gasteiger partial charge is 0.460 e. The molecule has 0 bridgehead atoms. The van der Waals surface area contributed by atoms with Crippen LogP contribution in [0.4, 0.5) is 0 Å². The van der Waals surface area contributed by atoms with Gasteiger partial charge in [0, 0.05) is 4.98 Å². The zero-order chi connectivity index (χ0) is 9.68.